The number of carbonyl (C=O) groups is 1. The van der Waals surface area contributed by atoms with Crippen molar-refractivity contribution in [2.75, 3.05) is 13.1 Å². The summed E-state index contributed by atoms with van der Waals surface area (Å²) in [5.41, 5.74) is 7.34. The van der Waals surface area contributed by atoms with Crippen LogP contribution in [0.1, 0.15) is 48.6 Å². The van der Waals surface area contributed by atoms with Crippen LogP contribution in [0.5, 0.6) is 0 Å². The van der Waals surface area contributed by atoms with E-state index in [1.165, 1.54) is 29.7 Å². The van der Waals surface area contributed by atoms with Gasteiger partial charge in [-0.2, -0.15) is 0 Å². The van der Waals surface area contributed by atoms with Crippen LogP contribution in [0.25, 0.3) is 0 Å². The Morgan fingerprint density at radius 3 is 2.95 bits per heavy atom. The summed E-state index contributed by atoms with van der Waals surface area (Å²) in [4.78, 5) is 16.9. The zero-order chi connectivity index (χ0) is 14.4. The van der Waals surface area contributed by atoms with Gasteiger partial charge in [-0.3, -0.25) is 4.79 Å². The van der Waals surface area contributed by atoms with Crippen LogP contribution in [0.2, 0.25) is 0 Å². The van der Waals surface area contributed by atoms with E-state index in [2.05, 4.69) is 16.3 Å². The van der Waals surface area contributed by atoms with Crippen LogP contribution in [0.4, 0.5) is 0 Å². The predicted molar refractivity (Wildman–Crippen MR) is 85.1 cm³/mol. The zero-order valence-electron chi connectivity index (χ0n) is 12.5. The van der Waals surface area contributed by atoms with E-state index in [1.807, 2.05) is 11.3 Å². The minimum Gasteiger partial charge on any atom is -0.335 e. The first-order valence-electron chi connectivity index (χ1n) is 8.36. The first-order chi connectivity index (χ1) is 10.3. The molecule has 1 aromatic rings. The first-order valence-corrected chi connectivity index (χ1v) is 9.24. The van der Waals surface area contributed by atoms with Crippen molar-refractivity contribution in [1.29, 1.82) is 0 Å². The minimum atomic E-state index is 0.191. The number of hydrogen-bond acceptors (Lipinski definition) is 3. The van der Waals surface area contributed by atoms with Gasteiger partial charge in [0.1, 0.15) is 0 Å². The molecular formula is C17H24N2OS. The Bertz CT molecular complexity index is 537. The molecule has 0 radical (unpaired) electrons. The normalized spacial score (nSPS) is 32.2. The lowest BCUT2D eigenvalue weighted by molar-refractivity contribution is -0.140. The zero-order valence-corrected chi connectivity index (χ0v) is 13.3. The van der Waals surface area contributed by atoms with Crippen molar-refractivity contribution in [1.82, 2.24) is 4.90 Å². The summed E-state index contributed by atoms with van der Waals surface area (Å²) in [6, 6.07) is 2.63. The lowest BCUT2D eigenvalue weighted by atomic mass is 9.90. The highest BCUT2D eigenvalue weighted by Crippen LogP contribution is 2.49. The molecule has 4 heteroatoms. The third kappa shape index (κ3) is 2.33. The van der Waals surface area contributed by atoms with E-state index in [4.69, 9.17) is 5.73 Å². The number of amides is 1. The Balaban J connectivity index is 1.60. The number of carbonyl (C=O) groups excluding carboxylic acids is 1. The molecule has 0 bridgehead atoms. The van der Waals surface area contributed by atoms with Gasteiger partial charge in [0.2, 0.25) is 5.91 Å². The van der Waals surface area contributed by atoms with Gasteiger partial charge in [-0.1, -0.05) is 6.42 Å². The molecule has 1 aromatic heterocycles. The molecule has 4 rings (SSSR count). The van der Waals surface area contributed by atoms with Gasteiger partial charge < -0.3 is 10.6 Å². The standard InChI is InChI=1S/C17H24N2OS/c18-10-12-2-1-3-13(12)17(20)19-8-6-15-14(7-9-21-15)16(19)11-4-5-11/h7,9,11-13,16H,1-6,8,10,18H2. The molecule has 0 spiro atoms. The van der Waals surface area contributed by atoms with Crippen molar-refractivity contribution >= 4 is 17.2 Å². The van der Waals surface area contributed by atoms with Crippen molar-refractivity contribution in [2.24, 2.45) is 23.5 Å². The summed E-state index contributed by atoms with van der Waals surface area (Å²) in [5.74, 6) is 1.72. The van der Waals surface area contributed by atoms with Gasteiger partial charge >= 0.3 is 0 Å². The summed E-state index contributed by atoms with van der Waals surface area (Å²) in [7, 11) is 0. The third-order valence-electron chi connectivity index (χ3n) is 5.64. The molecule has 3 atom stereocenters. The summed E-state index contributed by atoms with van der Waals surface area (Å²) in [5, 5.41) is 2.20. The summed E-state index contributed by atoms with van der Waals surface area (Å²) < 4.78 is 0. The maximum atomic E-state index is 13.1. The van der Waals surface area contributed by atoms with E-state index in [9.17, 15) is 4.79 Å². The van der Waals surface area contributed by atoms with E-state index in [0.29, 0.717) is 30.3 Å². The number of thiophene rings is 1. The lowest BCUT2D eigenvalue weighted by Crippen LogP contribution is -2.45. The number of nitrogens with two attached hydrogens (primary N) is 1. The maximum absolute atomic E-state index is 13.1. The minimum absolute atomic E-state index is 0.191. The Labute approximate surface area is 130 Å². The summed E-state index contributed by atoms with van der Waals surface area (Å²) >= 11 is 1.87. The lowest BCUT2D eigenvalue weighted by Gasteiger charge is -2.38. The number of fused-ring (bicyclic) bond motifs is 1. The van der Waals surface area contributed by atoms with Gasteiger partial charge in [-0.25, -0.2) is 0 Å². The molecule has 2 fully saturated rings. The third-order valence-corrected chi connectivity index (χ3v) is 6.64. The predicted octanol–water partition coefficient (Wildman–Crippen LogP) is 2.96. The fraction of sp³-hybridized carbons (Fsp3) is 0.706. The topological polar surface area (TPSA) is 46.3 Å². The molecule has 3 unspecified atom stereocenters. The molecule has 1 amide bonds. The number of rotatable bonds is 3. The Kier molecular flexibility index (Phi) is 3.54. The molecular weight excluding hydrogens is 280 g/mol. The molecule has 0 saturated heterocycles. The fourth-order valence-electron chi connectivity index (χ4n) is 4.37. The fourth-order valence-corrected chi connectivity index (χ4v) is 5.28. The van der Waals surface area contributed by atoms with Crippen LogP contribution in [-0.2, 0) is 11.2 Å². The molecule has 114 valence electrons. The highest BCUT2D eigenvalue weighted by molar-refractivity contribution is 7.10. The van der Waals surface area contributed by atoms with E-state index in [0.717, 1.165) is 25.8 Å². The highest BCUT2D eigenvalue weighted by atomic mass is 32.1. The molecule has 2 saturated carbocycles. The Morgan fingerprint density at radius 2 is 2.19 bits per heavy atom. The largest absolute Gasteiger partial charge is 0.335 e. The van der Waals surface area contributed by atoms with Crippen LogP contribution < -0.4 is 5.73 Å². The van der Waals surface area contributed by atoms with Crippen LogP contribution >= 0.6 is 11.3 Å². The molecule has 0 aromatic carbocycles. The summed E-state index contributed by atoms with van der Waals surface area (Å²) in [6.45, 7) is 1.59. The molecule has 2 aliphatic carbocycles. The first kappa shape index (κ1) is 13.8. The Hall–Kier alpha value is -0.870. The van der Waals surface area contributed by atoms with E-state index >= 15 is 0 Å². The van der Waals surface area contributed by atoms with Gasteiger partial charge in [0.25, 0.3) is 0 Å². The van der Waals surface area contributed by atoms with E-state index < -0.39 is 0 Å². The quantitative estimate of drug-likeness (QED) is 0.933. The van der Waals surface area contributed by atoms with Crippen LogP contribution in [-0.4, -0.2) is 23.9 Å². The second kappa shape index (κ2) is 5.40. The smallest absolute Gasteiger partial charge is 0.226 e. The molecule has 3 aliphatic rings. The molecule has 2 heterocycles. The molecule has 1 aliphatic heterocycles. The van der Waals surface area contributed by atoms with E-state index in [1.54, 1.807) is 0 Å². The van der Waals surface area contributed by atoms with Crippen molar-refractivity contribution in [3.05, 3.63) is 21.9 Å². The van der Waals surface area contributed by atoms with Gasteiger partial charge in [-0.15, -0.1) is 11.3 Å². The average molecular weight is 304 g/mol. The molecule has 2 N–H and O–H groups in total. The Morgan fingerprint density at radius 1 is 1.33 bits per heavy atom. The molecule has 3 nitrogen and oxygen atoms in total. The van der Waals surface area contributed by atoms with Crippen LogP contribution in [0.3, 0.4) is 0 Å². The van der Waals surface area contributed by atoms with Gasteiger partial charge in [-0.05, 0) is 67.5 Å². The average Bonchev–Trinajstić information content (AvgIpc) is 3.04. The van der Waals surface area contributed by atoms with Crippen molar-refractivity contribution in [2.45, 2.75) is 44.6 Å². The van der Waals surface area contributed by atoms with Crippen LogP contribution in [0.15, 0.2) is 11.4 Å². The number of hydrogen-bond donors (Lipinski definition) is 1. The maximum Gasteiger partial charge on any atom is 0.226 e. The second-order valence-electron chi connectivity index (χ2n) is 6.90. The monoisotopic (exact) mass is 304 g/mol. The van der Waals surface area contributed by atoms with Crippen molar-refractivity contribution in [3.63, 3.8) is 0 Å². The molecule has 21 heavy (non-hydrogen) atoms. The highest BCUT2D eigenvalue weighted by Gasteiger charge is 2.44. The van der Waals surface area contributed by atoms with E-state index in [-0.39, 0.29) is 5.92 Å². The van der Waals surface area contributed by atoms with Gasteiger partial charge in [0.15, 0.2) is 0 Å². The SMILES string of the molecule is NCC1CCCC1C(=O)N1CCc2sccc2C1C1CC1. The van der Waals surface area contributed by atoms with Crippen LogP contribution in [0, 0.1) is 17.8 Å². The van der Waals surface area contributed by atoms with Gasteiger partial charge in [0.05, 0.1) is 6.04 Å². The number of nitrogens with zero attached hydrogens (tertiary/aromatic N) is 1. The second-order valence-corrected chi connectivity index (χ2v) is 7.90. The summed E-state index contributed by atoms with van der Waals surface area (Å²) in [6.07, 6.45) is 6.97. The van der Waals surface area contributed by atoms with Crippen molar-refractivity contribution < 1.29 is 4.79 Å². The van der Waals surface area contributed by atoms with Crippen molar-refractivity contribution in [3.8, 4) is 0 Å². The van der Waals surface area contributed by atoms with Gasteiger partial charge in [0, 0.05) is 17.3 Å².